The minimum absolute atomic E-state index is 0.365. The van der Waals surface area contributed by atoms with Gasteiger partial charge in [-0.05, 0) is 36.1 Å². The summed E-state index contributed by atoms with van der Waals surface area (Å²) in [7, 11) is 0. The van der Waals surface area contributed by atoms with Gasteiger partial charge in [0.25, 0.3) is 0 Å². The quantitative estimate of drug-likeness (QED) is 0.688. The number of benzene rings is 2. The van der Waals surface area contributed by atoms with Gasteiger partial charge in [0.1, 0.15) is 0 Å². The predicted octanol–water partition coefficient (Wildman–Crippen LogP) is 5.29. The molecule has 0 unspecified atom stereocenters. The van der Waals surface area contributed by atoms with Crippen LogP contribution in [0.2, 0.25) is 0 Å². The molecule has 2 aromatic carbocycles. The first-order chi connectivity index (χ1) is 10.9. The molecule has 0 saturated carbocycles. The van der Waals surface area contributed by atoms with Gasteiger partial charge in [0.05, 0.1) is 17.0 Å². The average Bonchev–Trinajstić information content (AvgIpc) is 2.54. The molecule has 0 aliphatic rings. The Morgan fingerprint density at radius 2 is 1.52 bits per heavy atom. The number of halogens is 3. The second kappa shape index (κ2) is 6.70. The van der Waals surface area contributed by atoms with Gasteiger partial charge >= 0.3 is 6.18 Å². The molecule has 23 heavy (non-hydrogen) atoms. The van der Waals surface area contributed by atoms with Crippen molar-refractivity contribution in [1.29, 1.82) is 5.26 Å². The Morgan fingerprint density at radius 3 is 2.00 bits per heavy atom. The van der Waals surface area contributed by atoms with Crippen LogP contribution in [0.1, 0.15) is 23.1 Å². The molecule has 0 saturated heterocycles. The van der Waals surface area contributed by atoms with Gasteiger partial charge in [-0.2, -0.15) is 18.4 Å². The molecule has 4 heteroatoms. The normalized spacial score (nSPS) is 13.8. The third kappa shape index (κ3) is 3.81. The molecule has 0 bridgehead atoms. The first kappa shape index (κ1) is 16.8. The van der Waals surface area contributed by atoms with Crippen molar-refractivity contribution in [3.8, 4) is 6.07 Å². The van der Waals surface area contributed by atoms with Crippen molar-refractivity contribution in [2.24, 2.45) is 0 Å². The molecule has 0 heterocycles. The minimum atomic E-state index is -4.38. The monoisotopic (exact) mass is 315 g/mol. The lowest BCUT2D eigenvalue weighted by Gasteiger charge is -2.26. The van der Waals surface area contributed by atoms with E-state index in [-0.39, 0.29) is 0 Å². The number of alkyl halides is 3. The molecule has 0 radical (unpaired) electrons. The molecule has 1 nitrogen and oxygen atoms in total. The highest BCUT2D eigenvalue weighted by Gasteiger charge is 2.34. The van der Waals surface area contributed by atoms with Crippen molar-refractivity contribution >= 4 is 0 Å². The molecule has 0 aliphatic heterocycles. The lowest BCUT2D eigenvalue weighted by Crippen LogP contribution is -2.26. The molecule has 0 amide bonds. The van der Waals surface area contributed by atoms with Gasteiger partial charge in [0, 0.05) is 0 Å². The smallest absolute Gasteiger partial charge is 0.197 e. The molecule has 1 atom stereocenters. The standard InChI is InChI=1S/C19H16F3N/c1-2-12-18(14-23,13-15-6-4-3-5-7-15)16-8-10-17(11-9-16)19(20,21)22/h2-11H,1,12-13H2/t18-/m1/s1. The van der Waals surface area contributed by atoms with E-state index in [4.69, 9.17) is 0 Å². The van der Waals surface area contributed by atoms with Crippen molar-refractivity contribution in [1.82, 2.24) is 0 Å². The molecule has 2 rings (SSSR count). The summed E-state index contributed by atoms with van der Waals surface area (Å²) in [5, 5.41) is 9.73. The third-order valence-corrected chi connectivity index (χ3v) is 3.82. The van der Waals surface area contributed by atoms with Gasteiger partial charge in [-0.25, -0.2) is 0 Å². The maximum atomic E-state index is 12.7. The first-order valence-electron chi connectivity index (χ1n) is 7.15. The van der Waals surface area contributed by atoms with Crippen LogP contribution in [0.3, 0.4) is 0 Å². The van der Waals surface area contributed by atoms with Gasteiger partial charge in [-0.3, -0.25) is 0 Å². The van der Waals surface area contributed by atoms with E-state index >= 15 is 0 Å². The Kier molecular flexibility index (Phi) is 4.90. The van der Waals surface area contributed by atoms with E-state index in [1.54, 1.807) is 6.08 Å². The van der Waals surface area contributed by atoms with Crippen molar-refractivity contribution in [3.63, 3.8) is 0 Å². The molecular formula is C19H16F3N. The highest BCUT2D eigenvalue weighted by atomic mass is 19.4. The van der Waals surface area contributed by atoms with Crippen molar-refractivity contribution in [3.05, 3.63) is 83.9 Å². The number of nitriles is 1. The third-order valence-electron chi connectivity index (χ3n) is 3.82. The largest absolute Gasteiger partial charge is 0.416 e. The molecule has 2 aromatic rings. The fourth-order valence-corrected chi connectivity index (χ4v) is 2.61. The summed E-state index contributed by atoms with van der Waals surface area (Å²) in [6.07, 6.45) is -1.97. The summed E-state index contributed by atoms with van der Waals surface area (Å²) < 4.78 is 38.1. The molecule has 0 aromatic heterocycles. The number of allylic oxidation sites excluding steroid dienone is 1. The van der Waals surface area contributed by atoms with E-state index in [9.17, 15) is 18.4 Å². The maximum Gasteiger partial charge on any atom is 0.416 e. The van der Waals surface area contributed by atoms with E-state index in [1.807, 2.05) is 30.3 Å². The molecule has 0 aliphatic carbocycles. The van der Waals surface area contributed by atoms with Crippen LogP contribution in [0.4, 0.5) is 13.2 Å². The summed E-state index contributed by atoms with van der Waals surface area (Å²) in [5.41, 5.74) is -0.119. The first-order valence-corrected chi connectivity index (χ1v) is 7.15. The minimum Gasteiger partial charge on any atom is -0.197 e. The Bertz CT molecular complexity index is 696. The number of nitrogens with zero attached hydrogens (tertiary/aromatic N) is 1. The van der Waals surface area contributed by atoms with Crippen LogP contribution < -0.4 is 0 Å². The highest BCUT2D eigenvalue weighted by Crippen LogP contribution is 2.35. The fraction of sp³-hybridized carbons (Fsp3) is 0.211. The van der Waals surface area contributed by atoms with Crippen LogP contribution in [-0.4, -0.2) is 0 Å². The number of hydrogen-bond acceptors (Lipinski definition) is 1. The van der Waals surface area contributed by atoms with Gasteiger partial charge in [-0.1, -0.05) is 48.5 Å². The zero-order valence-electron chi connectivity index (χ0n) is 12.5. The maximum absolute atomic E-state index is 12.7. The molecule has 0 fully saturated rings. The number of hydrogen-bond donors (Lipinski definition) is 0. The summed E-state index contributed by atoms with van der Waals surface area (Å²) in [6, 6.07) is 16.5. The van der Waals surface area contributed by atoms with Crippen molar-refractivity contribution < 1.29 is 13.2 Å². The van der Waals surface area contributed by atoms with Crippen LogP contribution in [0.25, 0.3) is 0 Å². The number of rotatable bonds is 5. The van der Waals surface area contributed by atoms with E-state index in [0.29, 0.717) is 18.4 Å². The Morgan fingerprint density at radius 1 is 0.957 bits per heavy atom. The Balaban J connectivity index is 2.42. The zero-order valence-corrected chi connectivity index (χ0v) is 12.5. The van der Waals surface area contributed by atoms with Crippen LogP contribution in [-0.2, 0) is 18.0 Å². The summed E-state index contributed by atoms with van der Waals surface area (Å²) in [5.74, 6) is 0. The van der Waals surface area contributed by atoms with Crippen molar-refractivity contribution in [2.75, 3.05) is 0 Å². The van der Waals surface area contributed by atoms with Gasteiger partial charge in [0.2, 0.25) is 0 Å². The highest BCUT2D eigenvalue weighted by molar-refractivity contribution is 5.38. The van der Waals surface area contributed by atoms with Crippen LogP contribution in [0, 0.1) is 11.3 Å². The molecule has 0 N–H and O–H groups in total. The lowest BCUT2D eigenvalue weighted by molar-refractivity contribution is -0.137. The second-order valence-corrected chi connectivity index (χ2v) is 5.42. The Labute approximate surface area is 133 Å². The second-order valence-electron chi connectivity index (χ2n) is 5.42. The van der Waals surface area contributed by atoms with Crippen molar-refractivity contribution in [2.45, 2.75) is 24.4 Å². The van der Waals surface area contributed by atoms with Crippen LogP contribution >= 0.6 is 0 Å². The van der Waals surface area contributed by atoms with E-state index in [1.165, 1.54) is 12.1 Å². The summed E-state index contributed by atoms with van der Waals surface area (Å²) >= 11 is 0. The molecule has 118 valence electrons. The molecular weight excluding hydrogens is 299 g/mol. The van der Waals surface area contributed by atoms with Gasteiger partial charge in [0.15, 0.2) is 0 Å². The van der Waals surface area contributed by atoms with E-state index in [0.717, 1.165) is 17.7 Å². The zero-order chi connectivity index (χ0) is 16.9. The topological polar surface area (TPSA) is 23.8 Å². The van der Waals surface area contributed by atoms with Crippen LogP contribution in [0.5, 0.6) is 0 Å². The lowest BCUT2D eigenvalue weighted by atomic mass is 9.74. The van der Waals surface area contributed by atoms with Gasteiger partial charge < -0.3 is 0 Å². The van der Waals surface area contributed by atoms with Gasteiger partial charge in [-0.15, -0.1) is 6.58 Å². The Hall–Kier alpha value is -2.54. The van der Waals surface area contributed by atoms with E-state index in [2.05, 4.69) is 12.6 Å². The average molecular weight is 315 g/mol. The molecule has 0 spiro atoms. The summed E-state index contributed by atoms with van der Waals surface area (Å²) in [4.78, 5) is 0. The predicted molar refractivity (Wildman–Crippen MR) is 83.7 cm³/mol. The SMILES string of the molecule is C=CC[C@](C#N)(Cc1ccccc1)c1ccc(C(F)(F)F)cc1. The van der Waals surface area contributed by atoms with E-state index < -0.39 is 17.2 Å². The summed E-state index contributed by atoms with van der Waals surface area (Å²) in [6.45, 7) is 3.69. The van der Waals surface area contributed by atoms with Crippen LogP contribution in [0.15, 0.2) is 67.3 Å². The fourth-order valence-electron chi connectivity index (χ4n) is 2.61.